The molecule has 0 fully saturated rings. The summed E-state index contributed by atoms with van der Waals surface area (Å²) in [5.74, 6) is 0.262. The number of hydrogen-bond donors (Lipinski definition) is 2. The van der Waals surface area contributed by atoms with Crippen LogP contribution >= 0.6 is 0 Å². The third-order valence-corrected chi connectivity index (χ3v) is 2.19. The second-order valence-electron chi connectivity index (χ2n) is 3.73. The monoisotopic (exact) mass is 249 g/mol. The molecule has 3 nitrogen and oxygen atoms in total. The minimum atomic E-state index is -4.66. The van der Waals surface area contributed by atoms with Gasteiger partial charge in [-0.3, -0.25) is 0 Å². The van der Waals surface area contributed by atoms with E-state index >= 15 is 0 Å². The van der Waals surface area contributed by atoms with Crippen molar-refractivity contribution in [1.82, 2.24) is 0 Å². The lowest BCUT2D eigenvalue weighted by Gasteiger charge is -2.15. The Bertz CT molecular complexity index is 349. The van der Waals surface area contributed by atoms with E-state index in [0.29, 0.717) is 0 Å². The Morgan fingerprint density at radius 3 is 2.24 bits per heavy atom. The molecule has 96 valence electrons. The third kappa shape index (κ3) is 4.24. The Labute approximate surface area is 97.0 Å². The first-order valence-electron chi connectivity index (χ1n) is 5.04. The molecule has 6 heteroatoms. The fourth-order valence-corrected chi connectivity index (χ4v) is 1.14. The zero-order valence-corrected chi connectivity index (χ0v) is 9.24. The summed E-state index contributed by atoms with van der Waals surface area (Å²) >= 11 is 0. The summed E-state index contributed by atoms with van der Waals surface area (Å²) in [5.41, 5.74) is 6.47. The van der Waals surface area contributed by atoms with Crippen LogP contribution in [0.5, 0.6) is 5.75 Å². The number of alkyl halides is 3. The molecule has 0 amide bonds. The first-order valence-corrected chi connectivity index (χ1v) is 5.04. The van der Waals surface area contributed by atoms with Crippen LogP contribution in [0, 0.1) is 0 Å². The highest BCUT2D eigenvalue weighted by Crippen LogP contribution is 2.21. The highest BCUT2D eigenvalue weighted by atomic mass is 19.4. The Morgan fingerprint density at radius 2 is 1.82 bits per heavy atom. The van der Waals surface area contributed by atoms with Crippen LogP contribution in [-0.4, -0.2) is 24.0 Å². The maximum absolute atomic E-state index is 12.0. The standard InChI is InChI=1S/C11H14F3NO2/c1-7(15)8-2-4-9(5-3-8)17-6-10(16)11(12,13)14/h2-5,7,10,16H,6,15H2,1H3/t7-,10?/m1/s1. The molecule has 0 saturated carbocycles. The summed E-state index contributed by atoms with van der Waals surface area (Å²) in [7, 11) is 0. The van der Waals surface area contributed by atoms with Gasteiger partial charge in [0.2, 0.25) is 0 Å². The zero-order chi connectivity index (χ0) is 13.1. The molecule has 3 N–H and O–H groups in total. The topological polar surface area (TPSA) is 55.5 Å². The van der Waals surface area contributed by atoms with Gasteiger partial charge in [0.15, 0.2) is 6.10 Å². The van der Waals surface area contributed by atoms with Crippen molar-refractivity contribution in [3.63, 3.8) is 0 Å². The van der Waals surface area contributed by atoms with Gasteiger partial charge in [0.25, 0.3) is 0 Å². The fourth-order valence-electron chi connectivity index (χ4n) is 1.14. The lowest BCUT2D eigenvalue weighted by Crippen LogP contribution is -2.34. The maximum Gasteiger partial charge on any atom is 0.417 e. The predicted octanol–water partition coefficient (Wildman–Crippen LogP) is 2.01. The van der Waals surface area contributed by atoms with Gasteiger partial charge >= 0.3 is 6.18 Å². The summed E-state index contributed by atoms with van der Waals surface area (Å²) in [4.78, 5) is 0. The molecular formula is C11H14F3NO2. The second kappa shape index (κ2) is 5.37. The zero-order valence-electron chi connectivity index (χ0n) is 9.24. The molecule has 0 aliphatic rings. The predicted molar refractivity (Wildman–Crippen MR) is 56.6 cm³/mol. The molecule has 0 bridgehead atoms. The van der Waals surface area contributed by atoms with E-state index in [9.17, 15) is 13.2 Å². The number of nitrogens with two attached hydrogens (primary N) is 1. The van der Waals surface area contributed by atoms with Gasteiger partial charge in [0.05, 0.1) is 0 Å². The van der Waals surface area contributed by atoms with Crippen LogP contribution in [0.25, 0.3) is 0 Å². The van der Waals surface area contributed by atoms with Crippen LogP contribution in [-0.2, 0) is 0 Å². The summed E-state index contributed by atoms with van der Waals surface area (Å²) in [6, 6.07) is 6.22. The Kier molecular flexibility index (Phi) is 4.36. The molecule has 0 radical (unpaired) electrons. The molecule has 0 spiro atoms. The Morgan fingerprint density at radius 1 is 1.29 bits per heavy atom. The van der Waals surface area contributed by atoms with Crippen molar-refractivity contribution in [2.75, 3.05) is 6.61 Å². The highest BCUT2D eigenvalue weighted by Gasteiger charge is 2.38. The molecule has 1 aromatic rings. The van der Waals surface area contributed by atoms with Gasteiger partial charge in [-0.2, -0.15) is 13.2 Å². The first kappa shape index (κ1) is 13.8. The van der Waals surface area contributed by atoms with E-state index < -0.39 is 18.9 Å². The molecular weight excluding hydrogens is 235 g/mol. The first-order chi connectivity index (χ1) is 7.80. The summed E-state index contributed by atoms with van der Waals surface area (Å²) in [6.45, 7) is 0.976. The van der Waals surface area contributed by atoms with Crippen LogP contribution in [0.3, 0.4) is 0 Å². The number of aliphatic hydroxyl groups excluding tert-OH is 1. The highest BCUT2D eigenvalue weighted by molar-refractivity contribution is 5.28. The van der Waals surface area contributed by atoms with E-state index in [-0.39, 0.29) is 11.8 Å². The number of aliphatic hydroxyl groups is 1. The molecule has 0 saturated heterocycles. The molecule has 0 aromatic heterocycles. The number of halogens is 3. The quantitative estimate of drug-likeness (QED) is 0.858. The Balaban J connectivity index is 2.53. The van der Waals surface area contributed by atoms with Crippen LogP contribution in [0.1, 0.15) is 18.5 Å². The molecule has 2 atom stereocenters. The lowest BCUT2D eigenvalue weighted by molar-refractivity contribution is -0.210. The largest absolute Gasteiger partial charge is 0.491 e. The van der Waals surface area contributed by atoms with Gasteiger partial charge in [-0.05, 0) is 24.6 Å². The van der Waals surface area contributed by atoms with Crippen molar-refractivity contribution in [3.8, 4) is 5.75 Å². The lowest BCUT2D eigenvalue weighted by atomic mass is 10.1. The third-order valence-electron chi connectivity index (χ3n) is 2.19. The van der Waals surface area contributed by atoms with Crippen LogP contribution in [0.15, 0.2) is 24.3 Å². The van der Waals surface area contributed by atoms with E-state index in [1.807, 2.05) is 0 Å². The molecule has 1 rings (SSSR count). The van der Waals surface area contributed by atoms with Crippen molar-refractivity contribution in [3.05, 3.63) is 29.8 Å². The van der Waals surface area contributed by atoms with E-state index in [1.54, 1.807) is 19.1 Å². The minimum Gasteiger partial charge on any atom is -0.491 e. The van der Waals surface area contributed by atoms with Gasteiger partial charge < -0.3 is 15.6 Å². The average Bonchev–Trinajstić information content (AvgIpc) is 2.25. The van der Waals surface area contributed by atoms with Gasteiger partial charge in [-0.15, -0.1) is 0 Å². The van der Waals surface area contributed by atoms with Crippen molar-refractivity contribution < 1.29 is 23.0 Å². The average molecular weight is 249 g/mol. The number of rotatable bonds is 4. The number of benzene rings is 1. The van der Waals surface area contributed by atoms with Crippen molar-refractivity contribution in [1.29, 1.82) is 0 Å². The van der Waals surface area contributed by atoms with E-state index in [2.05, 4.69) is 0 Å². The molecule has 1 unspecified atom stereocenters. The van der Waals surface area contributed by atoms with E-state index in [4.69, 9.17) is 15.6 Å². The number of ether oxygens (including phenoxy) is 1. The van der Waals surface area contributed by atoms with Gasteiger partial charge in [0, 0.05) is 6.04 Å². The van der Waals surface area contributed by atoms with Gasteiger partial charge in [0.1, 0.15) is 12.4 Å². The molecule has 0 aliphatic heterocycles. The maximum atomic E-state index is 12.0. The van der Waals surface area contributed by atoms with E-state index in [1.165, 1.54) is 12.1 Å². The normalized spacial score (nSPS) is 15.4. The summed E-state index contributed by atoms with van der Waals surface area (Å²) in [6.07, 6.45) is -7.14. The second-order valence-corrected chi connectivity index (χ2v) is 3.73. The van der Waals surface area contributed by atoms with Gasteiger partial charge in [-0.1, -0.05) is 12.1 Å². The van der Waals surface area contributed by atoms with Crippen LogP contribution < -0.4 is 10.5 Å². The summed E-state index contributed by atoms with van der Waals surface area (Å²) in [5, 5.41) is 8.72. The van der Waals surface area contributed by atoms with Crippen molar-refractivity contribution in [2.24, 2.45) is 5.73 Å². The Hall–Kier alpha value is -1.27. The SMILES string of the molecule is C[C@@H](N)c1ccc(OCC(O)C(F)(F)F)cc1. The molecule has 17 heavy (non-hydrogen) atoms. The fraction of sp³-hybridized carbons (Fsp3) is 0.455. The molecule has 0 aliphatic carbocycles. The van der Waals surface area contributed by atoms with Crippen molar-refractivity contribution >= 4 is 0 Å². The molecule has 0 heterocycles. The van der Waals surface area contributed by atoms with Gasteiger partial charge in [-0.25, -0.2) is 0 Å². The van der Waals surface area contributed by atoms with Crippen molar-refractivity contribution in [2.45, 2.75) is 25.2 Å². The minimum absolute atomic E-state index is 0.148. The smallest absolute Gasteiger partial charge is 0.417 e. The summed E-state index contributed by atoms with van der Waals surface area (Å²) < 4.78 is 40.7. The number of hydrogen-bond acceptors (Lipinski definition) is 3. The molecule has 1 aromatic carbocycles. The van der Waals surface area contributed by atoms with E-state index in [0.717, 1.165) is 5.56 Å². The van der Waals surface area contributed by atoms with Crippen LogP contribution in [0.2, 0.25) is 0 Å². The van der Waals surface area contributed by atoms with Crippen LogP contribution in [0.4, 0.5) is 13.2 Å².